The van der Waals surface area contributed by atoms with Gasteiger partial charge in [0.25, 0.3) is 5.69 Å². The predicted molar refractivity (Wildman–Crippen MR) is 90.0 cm³/mol. The number of nitro groups is 1. The molecule has 0 unspecified atom stereocenters. The molecule has 0 atom stereocenters. The van der Waals surface area contributed by atoms with E-state index in [0.717, 1.165) is 16.4 Å². The van der Waals surface area contributed by atoms with Gasteiger partial charge in [0.1, 0.15) is 0 Å². The summed E-state index contributed by atoms with van der Waals surface area (Å²) in [6.07, 6.45) is 1.94. The van der Waals surface area contributed by atoms with Gasteiger partial charge in [0, 0.05) is 23.4 Å². The molecule has 0 N–H and O–H groups in total. The fourth-order valence-electron chi connectivity index (χ4n) is 2.25. The van der Waals surface area contributed by atoms with Crippen molar-refractivity contribution in [3.63, 3.8) is 0 Å². The Labute approximate surface area is 137 Å². The van der Waals surface area contributed by atoms with Crippen LogP contribution in [0.1, 0.15) is 5.56 Å². The van der Waals surface area contributed by atoms with Gasteiger partial charge in [0.05, 0.1) is 4.92 Å². The average Bonchev–Trinajstić information content (AvgIpc) is 2.99. The number of rotatable bonds is 4. The van der Waals surface area contributed by atoms with E-state index in [4.69, 9.17) is 0 Å². The van der Waals surface area contributed by atoms with E-state index in [1.807, 2.05) is 42.0 Å². The standard InChI is InChI=1S/C16H14N4O2S/c1-11-3-7-13(8-4-11)19-15(17-18-16(19)23-2)12-5-9-14(10-6-12)20(21)22/h3-10H,1-2H3. The van der Waals surface area contributed by atoms with Gasteiger partial charge in [0.15, 0.2) is 11.0 Å². The van der Waals surface area contributed by atoms with Gasteiger partial charge >= 0.3 is 0 Å². The van der Waals surface area contributed by atoms with Crippen molar-refractivity contribution in [2.75, 3.05) is 6.26 Å². The van der Waals surface area contributed by atoms with Crippen LogP contribution >= 0.6 is 11.8 Å². The van der Waals surface area contributed by atoms with Crippen molar-refractivity contribution in [1.82, 2.24) is 14.8 Å². The van der Waals surface area contributed by atoms with E-state index >= 15 is 0 Å². The second-order valence-corrected chi connectivity index (χ2v) is 5.76. The summed E-state index contributed by atoms with van der Waals surface area (Å²) in [5, 5.41) is 20.0. The van der Waals surface area contributed by atoms with Crippen LogP contribution in [-0.2, 0) is 0 Å². The van der Waals surface area contributed by atoms with E-state index in [1.54, 1.807) is 12.1 Å². The Balaban J connectivity index is 2.11. The highest BCUT2D eigenvalue weighted by Crippen LogP contribution is 2.28. The van der Waals surface area contributed by atoms with Crippen LogP contribution in [0, 0.1) is 17.0 Å². The Morgan fingerprint density at radius 2 is 1.70 bits per heavy atom. The highest BCUT2D eigenvalue weighted by Gasteiger charge is 2.16. The number of non-ortho nitro benzene ring substituents is 1. The number of nitrogens with zero attached hydrogens (tertiary/aromatic N) is 4. The summed E-state index contributed by atoms with van der Waals surface area (Å²) in [5.41, 5.74) is 2.96. The molecule has 0 radical (unpaired) electrons. The molecule has 6 nitrogen and oxygen atoms in total. The first-order valence-electron chi connectivity index (χ1n) is 6.91. The number of thioether (sulfide) groups is 1. The van der Waals surface area contributed by atoms with E-state index in [2.05, 4.69) is 10.2 Å². The summed E-state index contributed by atoms with van der Waals surface area (Å²) in [4.78, 5) is 10.4. The van der Waals surface area contributed by atoms with Crippen molar-refractivity contribution in [3.8, 4) is 17.1 Å². The molecule has 0 bridgehead atoms. The molecule has 0 aliphatic rings. The van der Waals surface area contributed by atoms with Crippen LogP contribution in [0.3, 0.4) is 0 Å². The second-order valence-electron chi connectivity index (χ2n) is 4.99. The number of benzene rings is 2. The molecule has 3 rings (SSSR count). The van der Waals surface area contributed by atoms with Crippen molar-refractivity contribution in [2.24, 2.45) is 0 Å². The number of aromatic nitrogens is 3. The number of hydrogen-bond acceptors (Lipinski definition) is 5. The van der Waals surface area contributed by atoms with E-state index in [9.17, 15) is 10.1 Å². The average molecular weight is 326 g/mol. The maximum absolute atomic E-state index is 10.8. The molecule has 0 amide bonds. The third-order valence-electron chi connectivity index (χ3n) is 3.44. The SMILES string of the molecule is CSc1nnc(-c2ccc([N+](=O)[O-])cc2)n1-c1ccc(C)cc1. The highest BCUT2D eigenvalue weighted by molar-refractivity contribution is 7.98. The summed E-state index contributed by atoms with van der Waals surface area (Å²) in [7, 11) is 0. The van der Waals surface area contributed by atoms with E-state index in [-0.39, 0.29) is 5.69 Å². The van der Waals surface area contributed by atoms with Gasteiger partial charge in [-0.2, -0.15) is 0 Å². The Kier molecular flexibility index (Phi) is 4.12. The predicted octanol–water partition coefficient (Wildman–Crippen LogP) is 3.87. The highest BCUT2D eigenvalue weighted by atomic mass is 32.2. The monoisotopic (exact) mass is 326 g/mol. The zero-order valence-corrected chi connectivity index (χ0v) is 13.4. The number of aryl methyl sites for hydroxylation is 1. The van der Waals surface area contributed by atoms with Crippen molar-refractivity contribution < 1.29 is 4.92 Å². The molecule has 0 fully saturated rings. The lowest BCUT2D eigenvalue weighted by Gasteiger charge is -2.09. The van der Waals surface area contributed by atoms with E-state index in [1.165, 1.54) is 29.5 Å². The van der Waals surface area contributed by atoms with Gasteiger partial charge in [-0.25, -0.2) is 0 Å². The van der Waals surface area contributed by atoms with Crippen LogP contribution in [0.15, 0.2) is 53.7 Å². The largest absolute Gasteiger partial charge is 0.270 e. The Morgan fingerprint density at radius 3 is 2.26 bits per heavy atom. The molecule has 1 aromatic heterocycles. The maximum Gasteiger partial charge on any atom is 0.269 e. The minimum atomic E-state index is -0.415. The van der Waals surface area contributed by atoms with Gasteiger partial charge in [-0.05, 0) is 37.4 Å². The van der Waals surface area contributed by atoms with Gasteiger partial charge in [-0.1, -0.05) is 29.5 Å². The van der Waals surface area contributed by atoms with Crippen LogP contribution in [0.5, 0.6) is 0 Å². The summed E-state index contributed by atoms with van der Waals surface area (Å²) < 4.78 is 1.95. The lowest BCUT2D eigenvalue weighted by molar-refractivity contribution is -0.384. The van der Waals surface area contributed by atoms with Crippen LogP contribution in [-0.4, -0.2) is 25.9 Å². The zero-order chi connectivity index (χ0) is 16.4. The fourth-order valence-corrected chi connectivity index (χ4v) is 2.74. The molecule has 0 spiro atoms. The smallest absolute Gasteiger partial charge is 0.269 e. The minimum absolute atomic E-state index is 0.0558. The summed E-state index contributed by atoms with van der Waals surface area (Å²) in [6, 6.07) is 14.4. The van der Waals surface area contributed by atoms with Gasteiger partial charge in [-0.15, -0.1) is 10.2 Å². The minimum Gasteiger partial charge on any atom is -0.270 e. The van der Waals surface area contributed by atoms with Crippen LogP contribution in [0.2, 0.25) is 0 Å². The van der Waals surface area contributed by atoms with Crippen LogP contribution < -0.4 is 0 Å². The normalized spacial score (nSPS) is 10.7. The molecular weight excluding hydrogens is 312 g/mol. The Morgan fingerprint density at radius 1 is 1.04 bits per heavy atom. The first-order valence-corrected chi connectivity index (χ1v) is 8.14. The van der Waals surface area contributed by atoms with Crippen LogP contribution in [0.4, 0.5) is 5.69 Å². The van der Waals surface area contributed by atoms with Gasteiger partial charge in [0.2, 0.25) is 0 Å². The summed E-state index contributed by atoms with van der Waals surface area (Å²) >= 11 is 1.50. The fraction of sp³-hybridized carbons (Fsp3) is 0.125. The molecular formula is C16H14N4O2S. The molecule has 0 aliphatic heterocycles. The van der Waals surface area contributed by atoms with Crippen molar-refractivity contribution in [1.29, 1.82) is 0 Å². The molecule has 1 heterocycles. The second kappa shape index (κ2) is 6.21. The summed E-state index contributed by atoms with van der Waals surface area (Å²) in [6.45, 7) is 2.03. The first-order chi connectivity index (χ1) is 11.1. The first kappa shape index (κ1) is 15.2. The van der Waals surface area contributed by atoms with Crippen molar-refractivity contribution in [2.45, 2.75) is 12.1 Å². The molecule has 3 aromatic rings. The molecule has 116 valence electrons. The lowest BCUT2D eigenvalue weighted by atomic mass is 10.2. The zero-order valence-electron chi connectivity index (χ0n) is 12.6. The number of nitro benzene ring substituents is 1. The van der Waals surface area contributed by atoms with Crippen LogP contribution in [0.25, 0.3) is 17.1 Å². The van der Waals surface area contributed by atoms with E-state index < -0.39 is 4.92 Å². The van der Waals surface area contributed by atoms with Gasteiger partial charge < -0.3 is 0 Å². The summed E-state index contributed by atoms with van der Waals surface area (Å²) in [5.74, 6) is 0.660. The van der Waals surface area contributed by atoms with E-state index in [0.29, 0.717) is 5.82 Å². The quantitative estimate of drug-likeness (QED) is 0.413. The Hall–Kier alpha value is -2.67. The molecule has 0 saturated carbocycles. The molecule has 0 saturated heterocycles. The molecule has 23 heavy (non-hydrogen) atoms. The van der Waals surface area contributed by atoms with Crippen molar-refractivity contribution >= 4 is 17.4 Å². The van der Waals surface area contributed by atoms with Crippen molar-refractivity contribution in [3.05, 3.63) is 64.2 Å². The van der Waals surface area contributed by atoms with Gasteiger partial charge in [-0.3, -0.25) is 14.7 Å². The third kappa shape index (κ3) is 2.95. The Bertz CT molecular complexity index is 842. The number of hydrogen-bond donors (Lipinski definition) is 0. The molecule has 0 aliphatic carbocycles. The maximum atomic E-state index is 10.8. The third-order valence-corrected chi connectivity index (χ3v) is 4.07. The molecule has 7 heteroatoms. The molecule has 2 aromatic carbocycles. The lowest BCUT2D eigenvalue weighted by Crippen LogP contribution is -1.99. The topological polar surface area (TPSA) is 73.8 Å².